The van der Waals surface area contributed by atoms with Crippen molar-refractivity contribution >= 4 is 27.4 Å². The number of anilines is 1. The first kappa shape index (κ1) is 17.1. The number of fused-ring (bicyclic) bond motifs is 1. The summed E-state index contributed by atoms with van der Waals surface area (Å²) in [5, 5.41) is 1.20. The van der Waals surface area contributed by atoms with Crippen molar-refractivity contribution in [2.45, 2.75) is 19.4 Å². The van der Waals surface area contributed by atoms with Gasteiger partial charge in [-0.05, 0) is 19.5 Å². The number of aromatic nitrogens is 2. The zero-order valence-electron chi connectivity index (χ0n) is 15.1. The van der Waals surface area contributed by atoms with E-state index in [-0.39, 0.29) is 6.10 Å². The number of ether oxygens (including phenoxy) is 1. The summed E-state index contributed by atoms with van der Waals surface area (Å²) in [4.78, 5) is 18.9. The Balaban J connectivity index is 1.47. The Kier molecular flexibility index (Phi) is 5.17. The van der Waals surface area contributed by atoms with E-state index in [1.54, 1.807) is 17.7 Å². The quantitative estimate of drug-likeness (QED) is 0.826. The lowest BCUT2D eigenvalue weighted by Gasteiger charge is -2.38. The molecule has 2 saturated heterocycles. The van der Waals surface area contributed by atoms with Crippen LogP contribution in [0.4, 0.5) is 5.82 Å². The van der Waals surface area contributed by atoms with E-state index in [0.717, 1.165) is 69.5 Å². The summed E-state index contributed by atoms with van der Waals surface area (Å²) in [7, 11) is 2.20. The highest BCUT2D eigenvalue weighted by Gasteiger charge is 2.26. The Labute approximate surface area is 153 Å². The molecule has 2 aliphatic heterocycles. The molecule has 0 bridgehead atoms. The molecule has 2 aliphatic rings. The lowest BCUT2D eigenvalue weighted by atomic mass is 10.2. The van der Waals surface area contributed by atoms with Crippen molar-refractivity contribution in [3.63, 3.8) is 0 Å². The Morgan fingerprint density at radius 1 is 1.20 bits per heavy atom. The van der Waals surface area contributed by atoms with E-state index >= 15 is 0 Å². The Bertz CT molecular complexity index is 713. The third-order valence-electron chi connectivity index (χ3n) is 5.20. The summed E-state index contributed by atoms with van der Waals surface area (Å²) in [5.41, 5.74) is 0. The second kappa shape index (κ2) is 7.53. The van der Waals surface area contributed by atoms with Crippen molar-refractivity contribution < 1.29 is 4.74 Å². The average Bonchev–Trinajstić information content (AvgIpc) is 3.07. The van der Waals surface area contributed by atoms with Gasteiger partial charge in [-0.1, -0.05) is 6.92 Å². The first-order valence-electron chi connectivity index (χ1n) is 9.24. The first-order chi connectivity index (χ1) is 12.2. The molecule has 2 aromatic rings. The molecular formula is C18H27N5OS. The molecule has 6 nitrogen and oxygen atoms in total. The smallest absolute Gasteiger partial charge is 0.140 e. The van der Waals surface area contributed by atoms with Crippen molar-refractivity contribution in [2.24, 2.45) is 0 Å². The predicted octanol–water partition coefficient (Wildman–Crippen LogP) is 1.71. The summed E-state index contributed by atoms with van der Waals surface area (Å²) < 4.78 is 6.06. The third kappa shape index (κ3) is 3.79. The van der Waals surface area contributed by atoms with E-state index in [2.05, 4.69) is 44.7 Å². The summed E-state index contributed by atoms with van der Waals surface area (Å²) in [6.45, 7) is 10.4. The normalized spacial score (nSPS) is 23.4. The number of piperazine rings is 1. The maximum Gasteiger partial charge on any atom is 0.140 e. The number of thiophene rings is 1. The minimum absolute atomic E-state index is 0.256. The van der Waals surface area contributed by atoms with Crippen LogP contribution in [0.1, 0.15) is 11.8 Å². The van der Waals surface area contributed by atoms with E-state index in [1.165, 1.54) is 10.3 Å². The van der Waals surface area contributed by atoms with Gasteiger partial charge in [-0.2, -0.15) is 0 Å². The largest absolute Gasteiger partial charge is 0.373 e. The number of hydrogen-bond acceptors (Lipinski definition) is 7. The molecule has 0 N–H and O–H groups in total. The third-order valence-corrected chi connectivity index (χ3v) is 6.39. The van der Waals surface area contributed by atoms with Crippen molar-refractivity contribution in [2.75, 3.05) is 64.4 Å². The van der Waals surface area contributed by atoms with Gasteiger partial charge in [0.25, 0.3) is 0 Å². The van der Waals surface area contributed by atoms with E-state index in [0.29, 0.717) is 0 Å². The Morgan fingerprint density at radius 3 is 2.84 bits per heavy atom. The van der Waals surface area contributed by atoms with Crippen LogP contribution in [0, 0.1) is 0 Å². The first-order valence-corrected chi connectivity index (χ1v) is 10.1. The van der Waals surface area contributed by atoms with E-state index < -0.39 is 0 Å². The van der Waals surface area contributed by atoms with Gasteiger partial charge in [0.15, 0.2) is 0 Å². The van der Waals surface area contributed by atoms with E-state index in [4.69, 9.17) is 4.74 Å². The van der Waals surface area contributed by atoms with Crippen molar-refractivity contribution in [1.82, 2.24) is 19.8 Å². The van der Waals surface area contributed by atoms with Crippen LogP contribution >= 0.6 is 11.3 Å². The molecule has 0 aromatic carbocycles. The number of nitrogens with zero attached hydrogens (tertiary/aromatic N) is 5. The van der Waals surface area contributed by atoms with Crippen LogP contribution in [0.15, 0.2) is 12.4 Å². The van der Waals surface area contributed by atoms with Crippen molar-refractivity contribution in [3.8, 4) is 0 Å². The van der Waals surface area contributed by atoms with Gasteiger partial charge in [0.2, 0.25) is 0 Å². The lowest BCUT2D eigenvalue weighted by Crippen LogP contribution is -2.52. The van der Waals surface area contributed by atoms with E-state index in [1.807, 2.05) is 0 Å². The molecule has 136 valence electrons. The minimum Gasteiger partial charge on any atom is -0.373 e. The van der Waals surface area contributed by atoms with Crippen LogP contribution in [0.3, 0.4) is 0 Å². The number of aryl methyl sites for hydroxylation is 1. The van der Waals surface area contributed by atoms with Crippen LogP contribution in [-0.4, -0.2) is 85.3 Å². The summed E-state index contributed by atoms with van der Waals surface area (Å²) in [6.07, 6.45) is 3.01. The molecule has 0 saturated carbocycles. The topological polar surface area (TPSA) is 44.7 Å². The molecule has 7 heteroatoms. The van der Waals surface area contributed by atoms with Gasteiger partial charge in [0, 0.05) is 50.7 Å². The Morgan fingerprint density at radius 2 is 2.04 bits per heavy atom. The SMILES string of the molecule is CCc1cc2c(N3CCO[C@H](CN4CCN(C)CC4)C3)ncnc2s1. The molecule has 0 radical (unpaired) electrons. The number of likely N-dealkylation sites (N-methyl/N-ethyl adjacent to an activating group) is 1. The molecule has 1 atom stereocenters. The molecule has 0 unspecified atom stereocenters. The molecule has 4 rings (SSSR count). The van der Waals surface area contributed by atoms with Crippen LogP contribution in [-0.2, 0) is 11.2 Å². The lowest BCUT2D eigenvalue weighted by molar-refractivity contribution is 0.00669. The average molecular weight is 362 g/mol. The van der Waals surface area contributed by atoms with Crippen molar-refractivity contribution in [1.29, 1.82) is 0 Å². The predicted molar refractivity (Wildman–Crippen MR) is 103 cm³/mol. The van der Waals surface area contributed by atoms with Crippen LogP contribution < -0.4 is 4.90 Å². The minimum atomic E-state index is 0.256. The van der Waals surface area contributed by atoms with Gasteiger partial charge in [-0.25, -0.2) is 9.97 Å². The highest BCUT2D eigenvalue weighted by Crippen LogP contribution is 2.31. The fraction of sp³-hybridized carbons (Fsp3) is 0.667. The molecule has 0 aliphatic carbocycles. The second-order valence-corrected chi connectivity index (χ2v) is 8.14. The second-order valence-electron chi connectivity index (χ2n) is 7.03. The van der Waals surface area contributed by atoms with Crippen LogP contribution in [0.2, 0.25) is 0 Å². The van der Waals surface area contributed by atoms with Gasteiger partial charge in [0.05, 0.1) is 18.1 Å². The molecule has 0 spiro atoms. The van der Waals surface area contributed by atoms with Gasteiger partial charge in [0.1, 0.15) is 17.0 Å². The number of rotatable bonds is 4. The maximum atomic E-state index is 6.06. The summed E-state index contributed by atoms with van der Waals surface area (Å²) in [5.74, 6) is 1.08. The highest BCUT2D eigenvalue weighted by molar-refractivity contribution is 7.18. The number of morpholine rings is 1. The Hall–Kier alpha value is -1.28. The fourth-order valence-electron chi connectivity index (χ4n) is 3.66. The summed E-state index contributed by atoms with van der Waals surface area (Å²) in [6, 6.07) is 2.26. The standard InChI is InChI=1S/C18H27N5OS/c1-3-15-10-16-17(19-13-20-18(16)25-15)23-8-9-24-14(12-23)11-22-6-4-21(2)5-7-22/h10,13-14H,3-9,11-12H2,1-2H3/t14-/m1/s1. The van der Waals surface area contributed by atoms with Gasteiger partial charge >= 0.3 is 0 Å². The summed E-state index contributed by atoms with van der Waals surface area (Å²) >= 11 is 1.78. The van der Waals surface area contributed by atoms with E-state index in [9.17, 15) is 0 Å². The molecule has 2 aromatic heterocycles. The molecule has 4 heterocycles. The number of hydrogen-bond donors (Lipinski definition) is 0. The zero-order chi connectivity index (χ0) is 17.2. The molecule has 0 amide bonds. The van der Waals surface area contributed by atoms with Crippen LogP contribution in [0.5, 0.6) is 0 Å². The van der Waals surface area contributed by atoms with Crippen molar-refractivity contribution in [3.05, 3.63) is 17.3 Å². The fourth-order valence-corrected chi connectivity index (χ4v) is 4.59. The molecular weight excluding hydrogens is 334 g/mol. The highest BCUT2D eigenvalue weighted by atomic mass is 32.1. The molecule has 2 fully saturated rings. The van der Waals surface area contributed by atoms with Gasteiger partial charge in [-0.3, -0.25) is 4.90 Å². The molecule has 25 heavy (non-hydrogen) atoms. The monoisotopic (exact) mass is 361 g/mol. The van der Waals surface area contributed by atoms with Gasteiger partial charge < -0.3 is 14.5 Å². The van der Waals surface area contributed by atoms with Crippen LogP contribution in [0.25, 0.3) is 10.2 Å². The zero-order valence-corrected chi connectivity index (χ0v) is 16.0. The maximum absolute atomic E-state index is 6.06. The van der Waals surface area contributed by atoms with Gasteiger partial charge in [-0.15, -0.1) is 11.3 Å².